The minimum absolute atomic E-state index is 0.00610. The van der Waals surface area contributed by atoms with Crippen molar-refractivity contribution in [1.29, 1.82) is 0 Å². The zero-order valence-electron chi connectivity index (χ0n) is 9.20. The Kier molecular flexibility index (Phi) is 3.13. The fourth-order valence-electron chi connectivity index (χ4n) is 1.84. The van der Waals surface area contributed by atoms with Crippen LogP contribution in [0.25, 0.3) is 0 Å². The van der Waals surface area contributed by atoms with Gasteiger partial charge < -0.3 is 20.3 Å². The molecule has 0 aromatic heterocycles. The Balaban J connectivity index is 2.55. The fraction of sp³-hybridized carbons (Fsp3) is 0.364. The monoisotopic (exact) mass is 257 g/mol. The molecule has 17 heavy (non-hydrogen) atoms. The molecule has 92 valence electrons. The third-order valence-electron chi connectivity index (χ3n) is 2.80. The van der Waals surface area contributed by atoms with Crippen LogP contribution in [0.3, 0.4) is 0 Å². The van der Waals surface area contributed by atoms with Crippen molar-refractivity contribution in [2.24, 2.45) is 5.73 Å². The maximum Gasteiger partial charge on any atom is 0.312 e. The highest BCUT2D eigenvalue weighted by molar-refractivity contribution is 6.33. The summed E-state index contributed by atoms with van der Waals surface area (Å²) in [5.41, 5.74) is 6.70. The molecule has 0 saturated carbocycles. The number of carboxylic acid groups (broad SMARTS) is 1. The van der Waals surface area contributed by atoms with Crippen LogP contribution < -0.4 is 15.2 Å². The van der Waals surface area contributed by atoms with Crippen LogP contribution in [-0.4, -0.2) is 24.4 Å². The maximum atomic E-state index is 11.1. The summed E-state index contributed by atoms with van der Waals surface area (Å²) in [4.78, 5) is 11.1. The molecule has 3 N–H and O–H groups in total. The summed E-state index contributed by atoms with van der Waals surface area (Å²) in [5, 5.41) is 9.48. The van der Waals surface area contributed by atoms with Crippen LogP contribution in [-0.2, 0) is 4.79 Å². The Labute approximate surface area is 103 Å². The first kappa shape index (κ1) is 12.0. The van der Waals surface area contributed by atoms with Crippen molar-refractivity contribution in [2.45, 2.75) is 12.8 Å². The van der Waals surface area contributed by atoms with Crippen LogP contribution in [0.1, 0.15) is 17.0 Å². The van der Waals surface area contributed by atoms with Crippen LogP contribution in [0.5, 0.6) is 11.5 Å². The molecule has 1 unspecified atom stereocenters. The molecular weight excluding hydrogens is 246 g/mol. The lowest BCUT2D eigenvalue weighted by molar-refractivity contribution is -0.138. The molecule has 5 nitrogen and oxygen atoms in total. The number of ether oxygens (including phenoxy) is 2. The normalized spacial score (nSPS) is 14.8. The summed E-state index contributed by atoms with van der Waals surface area (Å²) in [6.45, 7) is 1.84. The highest BCUT2D eigenvalue weighted by Crippen LogP contribution is 2.44. The number of benzene rings is 1. The Morgan fingerprint density at radius 3 is 2.94 bits per heavy atom. The minimum atomic E-state index is -0.981. The van der Waals surface area contributed by atoms with E-state index in [-0.39, 0.29) is 13.3 Å². The summed E-state index contributed by atoms with van der Waals surface area (Å²) in [5.74, 6) is -0.836. The molecule has 1 aromatic carbocycles. The first-order chi connectivity index (χ1) is 8.06. The molecule has 0 spiro atoms. The van der Waals surface area contributed by atoms with Crippen LogP contribution in [0.15, 0.2) is 6.07 Å². The van der Waals surface area contributed by atoms with Gasteiger partial charge in [-0.15, -0.1) is 0 Å². The van der Waals surface area contributed by atoms with E-state index in [9.17, 15) is 4.79 Å². The standard InChI is InChI=1S/C11H12ClNO4/c1-5-6(7(3-13)11(14)15)2-8-10(9(5)12)17-4-16-8/h2,7H,3-4,13H2,1H3,(H,14,15). The smallest absolute Gasteiger partial charge is 0.312 e. The molecular formula is C11H12ClNO4. The molecule has 1 aromatic rings. The number of nitrogens with two attached hydrogens (primary N) is 1. The molecule has 2 rings (SSSR count). The number of halogens is 1. The van der Waals surface area contributed by atoms with Gasteiger partial charge in [-0.05, 0) is 24.1 Å². The second-order valence-electron chi connectivity index (χ2n) is 3.77. The average Bonchev–Trinajstić information content (AvgIpc) is 2.73. The van der Waals surface area contributed by atoms with E-state index in [2.05, 4.69) is 0 Å². The molecule has 1 heterocycles. The predicted octanol–water partition coefficient (Wildman–Crippen LogP) is 1.50. The molecule has 1 aliphatic rings. The first-order valence-corrected chi connectivity index (χ1v) is 5.45. The first-order valence-electron chi connectivity index (χ1n) is 5.07. The number of hydrogen-bond acceptors (Lipinski definition) is 4. The number of carbonyl (C=O) groups is 1. The van der Waals surface area contributed by atoms with Gasteiger partial charge in [0.2, 0.25) is 6.79 Å². The Bertz CT molecular complexity index is 475. The lowest BCUT2D eigenvalue weighted by Gasteiger charge is -2.15. The molecule has 0 aliphatic carbocycles. The Hall–Kier alpha value is -1.46. The van der Waals surface area contributed by atoms with Gasteiger partial charge in [0, 0.05) is 6.54 Å². The van der Waals surface area contributed by atoms with Gasteiger partial charge in [0.1, 0.15) is 0 Å². The second kappa shape index (κ2) is 4.43. The molecule has 1 aliphatic heterocycles. The second-order valence-corrected chi connectivity index (χ2v) is 4.14. The molecule has 0 bridgehead atoms. The Morgan fingerprint density at radius 1 is 1.65 bits per heavy atom. The lowest BCUT2D eigenvalue weighted by Crippen LogP contribution is -2.22. The fourth-order valence-corrected chi connectivity index (χ4v) is 2.09. The van der Waals surface area contributed by atoms with Gasteiger partial charge in [0.25, 0.3) is 0 Å². The number of fused-ring (bicyclic) bond motifs is 1. The summed E-state index contributed by atoms with van der Waals surface area (Å²) in [6, 6.07) is 1.63. The zero-order chi connectivity index (χ0) is 12.6. The van der Waals surface area contributed by atoms with Gasteiger partial charge in [-0.1, -0.05) is 11.6 Å². The van der Waals surface area contributed by atoms with E-state index in [1.165, 1.54) is 0 Å². The van der Waals surface area contributed by atoms with Crippen LogP contribution in [0.2, 0.25) is 5.02 Å². The van der Waals surface area contributed by atoms with Gasteiger partial charge in [-0.25, -0.2) is 0 Å². The highest BCUT2D eigenvalue weighted by atomic mass is 35.5. The maximum absolute atomic E-state index is 11.1. The van der Waals surface area contributed by atoms with Crippen molar-refractivity contribution >= 4 is 17.6 Å². The third kappa shape index (κ3) is 1.92. The number of aliphatic carboxylic acids is 1. The third-order valence-corrected chi connectivity index (χ3v) is 3.25. The largest absolute Gasteiger partial charge is 0.481 e. The number of hydrogen-bond donors (Lipinski definition) is 2. The van der Waals surface area contributed by atoms with Gasteiger partial charge in [-0.2, -0.15) is 0 Å². The topological polar surface area (TPSA) is 81.8 Å². The molecule has 0 radical (unpaired) electrons. The van der Waals surface area contributed by atoms with Gasteiger partial charge in [0.05, 0.1) is 10.9 Å². The molecule has 0 saturated heterocycles. The van der Waals surface area contributed by atoms with Crippen molar-refractivity contribution in [3.8, 4) is 11.5 Å². The van der Waals surface area contributed by atoms with Crippen molar-refractivity contribution in [1.82, 2.24) is 0 Å². The highest BCUT2D eigenvalue weighted by Gasteiger charge is 2.27. The van der Waals surface area contributed by atoms with E-state index < -0.39 is 11.9 Å². The molecule has 1 atom stereocenters. The van der Waals surface area contributed by atoms with E-state index >= 15 is 0 Å². The van der Waals surface area contributed by atoms with Crippen molar-refractivity contribution < 1.29 is 19.4 Å². The van der Waals surface area contributed by atoms with Crippen LogP contribution in [0, 0.1) is 6.92 Å². The number of rotatable bonds is 3. The molecule has 0 amide bonds. The number of carboxylic acids is 1. The summed E-state index contributed by atoms with van der Waals surface area (Å²) in [7, 11) is 0. The summed E-state index contributed by atoms with van der Waals surface area (Å²) >= 11 is 6.11. The van der Waals surface area contributed by atoms with Crippen molar-refractivity contribution in [3.05, 3.63) is 22.2 Å². The quantitative estimate of drug-likeness (QED) is 0.858. The van der Waals surface area contributed by atoms with E-state index in [4.69, 9.17) is 31.9 Å². The van der Waals surface area contributed by atoms with E-state index in [0.717, 1.165) is 0 Å². The van der Waals surface area contributed by atoms with Crippen LogP contribution in [0.4, 0.5) is 0 Å². The molecule has 0 fully saturated rings. The van der Waals surface area contributed by atoms with Gasteiger partial charge >= 0.3 is 5.97 Å². The van der Waals surface area contributed by atoms with Crippen molar-refractivity contribution in [2.75, 3.05) is 13.3 Å². The van der Waals surface area contributed by atoms with Crippen LogP contribution >= 0.6 is 11.6 Å². The van der Waals surface area contributed by atoms with Crippen molar-refractivity contribution in [3.63, 3.8) is 0 Å². The summed E-state index contributed by atoms with van der Waals surface area (Å²) < 4.78 is 10.4. The van der Waals surface area contributed by atoms with E-state index in [0.29, 0.717) is 27.6 Å². The SMILES string of the molecule is Cc1c(C(CN)C(=O)O)cc2c(c1Cl)OCO2. The van der Waals surface area contributed by atoms with Gasteiger partial charge in [-0.3, -0.25) is 4.79 Å². The van der Waals surface area contributed by atoms with Gasteiger partial charge in [0.15, 0.2) is 11.5 Å². The zero-order valence-corrected chi connectivity index (χ0v) is 9.95. The van der Waals surface area contributed by atoms with E-state index in [1.807, 2.05) is 0 Å². The predicted molar refractivity (Wildman–Crippen MR) is 61.7 cm³/mol. The Morgan fingerprint density at radius 2 is 2.35 bits per heavy atom. The lowest BCUT2D eigenvalue weighted by atomic mass is 9.94. The minimum Gasteiger partial charge on any atom is -0.481 e. The molecule has 6 heteroatoms. The summed E-state index contributed by atoms with van der Waals surface area (Å²) in [6.07, 6.45) is 0. The average molecular weight is 258 g/mol. The van der Waals surface area contributed by atoms with E-state index in [1.54, 1.807) is 13.0 Å².